The highest BCUT2D eigenvalue weighted by Crippen LogP contribution is 2.24. The van der Waals surface area contributed by atoms with Gasteiger partial charge in [0.05, 0.1) is 0 Å². The highest BCUT2D eigenvalue weighted by molar-refractivity contribution is 5.91. The lowest BCUT2D eigenvalue weighted by molar-refractivity contribution is -0.134. The van der Waals surface area contributed by atoms with Crippen molar-refractivity contribution >= 4 is 24.0 Å². The third-order valence-electron chi connectivity index (χ3n) is 4.47. The van der Waals surface area contributed by atoms with E-state index in [1.807, 2.05) is 13.0 Å². The van der Waals surface area contributed by atoms with E-state index in [2.05, 4.69) is 0 Å². The number of aliphatic hydroxyl groups is 1. The highest BCUT2D eigenvalue weighted by Gasteiger charge is 2.20. The summed E-state index contributed by atoms with van der Waals surface area (Å²) in [4.78, 5) is 34.8. The lowest BCUT2D eigenvalue weighted by atomic mass is 9.91. The van der Waals surface area contributed by atoms with Gasteiger partial charge in [0.15, 0.2) is 0 Å². The number of hydrogen-bond donors (Lipinski definition) is 4. The second-order valence-corrected chi connectivity index (χ2v) is 6.96. The van der Waals surface area contributed by atoms with Crippen LogP contribution < -0.4 is 0 Å². The molecule has 0 aromatic heterocycles. The van der Waals surface area contributed by atoms with Crippen molar-refractivity contribution in [3.63, 3.8) is 0 Å². The second-order valence-electron chi connectivity index (χ2n) is 6.96. The molecule has 0 aliphatic carbocycles. The van der Waals surface area contributed by atoms with Crippen molar-refractivity contribution in [3.8, 4) is 0 Å². The number of aliphatic carboxylic acids is 3. The molecule has 0 amide bonds. The summed E-state index contributed by atoms with van der Waals surface area (Å²) >= 11 is 0. The first-order chi connectivity index (χ1) is 14.7. The standard InChI is InChI=1S/C24H28O7/c1-3-7-20(23(28)29)14-18(13-17-8-5-4-6-9-17)15-21(24(30)31)19(10-11-25)12-16(2)22(26)27/h4-6,8-9,12-15,19,25H,3,7,10-11H2,1-2H3,(H,26,27)(H,28,29)(H,30,31). The molecule has 0 heterocycles. The molecule has 0 bridgehead atoms. The highest BCUT2D eigenvalue weighted by atomic mass is 16.4. The molecule has 1 atom stereocenters. The topological polar surface area (TPSA) is 132 Å². The summed E-state index contributed by atoms with van der Waals surface area (Å²) in [6.07, 6.45) is 6.60. The molecule has 4 N–H and O–H groups in total. The SMILES string of the molecule is CCCC(=CC(=Cc1ccccc1)C=C(C(=O)O)C(C=C(C)C(=O)O)CCO)C(=O)O. The van der Waals surface area contributed by atoms with Crippen molar-refractivity contribution in [3.05, 3.63) is 76.4 Å². The monoisotopic (exact) mass is 428 g/mol. The average Bonchev–Trinajstić information content (AvgIpc) is 2.71. The maximum atomic E-state index is 12.0. The number of rotatable bonds is 12. The predicted molar refractivity (Wildman–Crippen MR) is 117 cm³/mol. The maximum Gasteiger partial charge on any atom is 0.332 e. The van der Waals surface area contributed by atoms with Crippen molar-refractivity contribution in [2.45, 2.75) is 33.1 Å². The first-order valence-corrected chi connectivity index (χ1v) is 9.87. The van der Waals surface area contributed by atoms with Crippen molar-refractivity contribution in [1.82, 2.24) is 0 Å². The Kier molecular flexibility index (Phi) is 10.7. The molecule has 0 radical (unpaired) electrons. The Bertz CT molecular complexity index is 905. The number of carbonyl (C=O) groups is 3. The smallest absolute Gasteiger partial charge is 0.332 e. The first kappa shape index (κ1) is 25.6. The fourth-order valence-electron chi connectivity index (χ4n) is 2.93. The van der Waals surface area contributed by atoms with Gasteiger partial charge in [-0.25, -0.2) is 14.4 Å². The van der Waals surface area contributed by atoms with Gasteiger partial charge in [0.25, 0.3) is 0 Å². The Balaban J connectivity index is 3.67. The maximum absolute atomic E-state index is 12.0. The molecule has 7 nitrogen and oxygen atoms in total. The Morgan fingerprint density at radius 2 is 1.61 bits per heavy atom. The molecule has 1 aromatic carbocycles. The van der Waals surface area contributed by atoms with E-state index in [1.165, 1.54) is 25.2 Å². The van der Waals surface area contributed by atoms with Crippen LogP contribution in [0, 0.1) is 5.92 Å². The molecule has 31 heavy (non-hydrogen) atoms. The van der Waals surface area contributed by atoms with Crippen LogP contribution in [0.3, 0.4) is 0 Å². The second kappa shape index (κ2) is 13.0. The molecule has 0 saturated carbocycles. The summed E-state index contributed by atoms with van der Waals surface area (Å²) in [5.74, 6) is -4.44. The average molecular weight is 428 g/mol. The normalized spacial score (nSPS) is 14.3. The van der Waals surface area contributed by atoms with Gasteiger partial charge in [-0.3, -0.25) is 0 Å². The third kappa shape index (κ3) is 8.84. The molecule has 0 aliphatic heterocycles. The zero-order valence-corrected chi connectivity index (χ0v) is 17.6. The minimum Gasteiger partial charge on any atom is -0.478 e. The quantitative estimate of drug-likeness (QED) is 0.293. The summed E-state index contributed by atoms with van der Waals surface area (Å²) in [6, 6.07) is 9.01. The fraction of sp³-hybridized carbons (Fsp3) is 0.292. The summed E-state index contributed by atoms with van der Waals surface area (Å²) in [7, 11) is 0. The number of benzene rings is 1. The minimum absolute atomic E-state index is 0.00579. The van der Waals surface area contributed by atoms with Crippen molar-refractivity contribution in [2.24, 2.45) is 5.92 Å². The molecule has 0 spiro atoms. The Labute approximate surface area is 181 Å². The van der Waals surface area contributed by atoms with Crippen LogP contribution in [0.4, 0.5) is 0 Å². The Hall–Kier alpha value is -3.45. The van der Waals surface area contributed by atoms with Crippen LogP contribution >= 0.6 is 0 Å². The van der Waals surface area contributed by atoms with Crippen molar-refractivity contribution < 1.29 is 34.8 Å². The van der Waals surface area contributed by atoms with Gasteiger partial charge in [-0.1, -0.05) is 49.8 Å². The molecule has 1 unspecified atom stereocenters. The number of hydrogen-bond acceptors (Lipinski definition) is 4. The van der Waals surface area contributed by atoms with Gasteiger partial charge in [-0.05, 0) is 49.1 Å². The molecular weight excluding hydrogens is 400 g/mol. The van der Waals surface area contributed by atoms with E-state index in [4.69, 9.17) is 5.11 Å². The summed E-state index contributed by atoms with van der Waals surface area (Å²) in [5.41, 5.74) is 1.02. The van der Waals surface area contributed by atoms with Gasteiger partial charge in [0, 0.05) is 29.2 Å². The van der Waals surface area contributed by atoms with Gasteiger partial charge in [0.2, 0.25) is 0 Å². The number of carboxylic acids is 3. The molecule has 1 aromatic rings. The van der Waals surface area contributed by atoms with Crippen LogP contribution in [0.15, 0.2) is 70.9 Å². The summed E-state index contributed by atoms with van der Waals surface area (Å²) in [5, 5.41) is 37.8. The number of allylic oxidation sites excluding steroid dienone is 4. The Morgan fingerprint density at radius 1 is 0.968 bits per heavy atom. The molecule has 166 valence electrons. The largest absolute Gasteiger partial charge is 0.478 e. The number of aliphatic hydroxyl groups excluding tert-OH is 1. The lowest BCUT2D eigenvalue weighted by Crippen LogP contribution is -2.14. The van der Waals surface area contributed by atoms with Gasteiger partial charge in [-0.2, -0.15) is 0 Å². The van der Waals surface area contributed by atoms with E-state index in [0.717, 1.165) is 5.56 Å². The molecular formula is C24H28O7. The Morgan fingerprint density at radius 3 is 2.10 bits per heavy atom. The molecule has 7 heteroatoms. The number of carboxylic acid groups (broad SMARTS) is 3. The van der Waals surface area contributed by atoms with E-state index in [9.17, 15) is 29.7 Å². The fourth-order valence-corrected chi connectivity index (χ4v) is 2.93. The first-order valence-electron chi connectivity index (χ1n) is 9.87. The predicted octanol–water partition coefficient (Wildman–Crippen LogP) is 3.92. The third-order valence-corrected chi connectivity index (χ3v) is 4.47. The van der Waals surface area contributed by atoms with E-state index >= 15 is 0 Å². The van der Waals surface area contributed by atoms with Crippen molar-refractivity contribution in [1.29, 1.82) is 0 Å². The molecule has 0 saturated heterocycles. The van der Waals surface area contributed by atoms with Gasteiger partial charge in [0.1, 0.15) is 0 Å². The minimum atomic E-state index is -1.28. The van der Waals surface area contributed by atoms with E-state index in [-0.39, 0.29) is 29.7 Å². The zero-order valence-electron chi connectivity index (χ0n) is 17.6. The molecule has 1 rings (SSSR count). The van der Waals surface area contributed by atoms with Gasteiger partial charge >= 0.3 is 17.9 Å². The van der Waals surface area contributed by atoms with Crippen LogP contribution in [0.1, 0.15) is 38.7 Å². The lowest BCUT2D eigenvalue weighted by Gasteiger charge is -2.14. The van der Waals surface area contributed by atoms with Crippen LogP contribution in [-0.4, -0.2) is 44.9 Å². The van der Waals surface area contributed by atoms with Crippen LogP contribution in [0.2, 0.25) is 0 Å². The zero-order chi connectivity index (χ0) is 23.4. The van der Waals surface area contributed by atoms with Crippen LogP contribution in [0.25, 0.3) is 6.08 Å². The van der Waals surface area contributed by atoms with E-state index in [1.54, 1.807) is 30.3 Å². The van der Waals surface area contributed by atoms with Gasteiger partial charge in [-0.15, -0.1) is 0 Å². The van der Waals surface area contributed by atoms with Crippen molar-refractivity contribution in [2.75, 3.05) is 6.61 Å². The van der Waals surface area contributed by atoms with Crippen LogP contribution in [0.5, 0.6) is 0 Å². The molecule has 0 fully saturated rings. The van der Waals surface area contributed by atoms with Crippen LogP contribution in [-0.2, 0) is 14.4 Å². The van der Waals surface area contributed by atoms with E-state index in [0.29, 0.717) is 18.4 Å². The summed E-state index contributed by atoms with van der Waals surface area (Å²) < 4.78 is 0. The van der Waals surface area contributed by atoms with E-state index < -0.39 is 23.8 Å². The van der Waals surface area contributed by atoms with Gasteiger partial charge < -0.3 is 20.4 Å². The molecule has 0 aliphatic rings. The summed E-state index contributed by atoms with van der Waals surface area (Å²) in [6.45, 7) is 2.84.